The van der Waals surface area contributed by atoms with E-state index in [-0.39, 0.29) is 12.2 Å². The first-order valence-corrected chi connectivity index (χ1v) is 10.5. The molecule has 1 aliphatic heterocycles. The van der Waals surface area contributed by atoms with Crippen LogP contribution in [0.25, 0.3) is 11.0 Å². The lowest BCUT2D eigenvalue weighted by Crippen LogP contribution is -2.26. The number of ether oxygens (including phenoxy) is 5. The van der Waals surface area contributed by atoms with Gasteiger partial charge in [0.2, 0.25) is 10.7 Å². The van der Waals surface area contributed by atoms with Gasteiger partial charge in [0.1, 0.15) is 6.61 Å². The first kappa shape index (κ1) is 20.1. The largest absolute Gasteiger partial charge is 0.493 e. The minimum absolute atomic E-state index is 0.269. The molecule has 0 bridgehead atoms. The molecular weight excluding hydrogens is 434 g/mol. The third-order valence-electron chi connectivity index (χ3n) is 4.98. The predicted molar refractivity (Wildman–Crippen MR) is 117 cm³/mol. The molecule has 0 radical (unpaired) electrons. The Hall–Kier alpha value is -3.79. The maximum Gasteiger partial charge on any atom is 0.291 e. The number of thiazole rings is 1. The first-order chi connectivity index (χ1) is 15.6. The van der Waals surface area contributed by atoms with Crippen LogP contribution in [0.1, 0.15) is 17.5 Å². The van der Waals surface area contributed by atoms with Crippen LogP contribution >= 0.6 is 11.3 Å². The molecule has 32 heavy (non-hydrogen) atoms. The lowest BCUT2D eigenvalue weighted by atomic mass is 10.1. The summed E-state index contributed by atoms with van der Waals surface area (Å²) in [7, 11) is 4.62. The number of fused-ring (bicyclic) bond motifs is 2. The number of hydrogen-bond acceptors (Lipinski definition) is 9. The summed E-state index contributed by atoms with van der Waals surface area (Å²) < 4.78 is 29.6. The van der Waals surface area contributed by atoms with E-state index in [2.05, 4.69) is 10.1 Å². The summed E-state index contributed by atoms with van der Waals surface area (Å²) in [6, 6.07) is 10.9. The van der Waals surface area contributed by atoms with E-state index in [4.69, 9.17) is 23.7 Å². The predicted octanol–water partition coefficient (Wildman–Crippen LogP) is 2.24. The summed E-state index contributed by atoms with van der Waals surface area (Å²) in [6.07, 6.45) is 1.25. The van der Waals surface area contributed by atoms with Crippen molar-refractivity contribution in [1.82, 2.24) is 14.6 Å². The highest BCUT2D eigenvalue weighted by Crippen LogP contribution is 2.38. The topological polar surface area (TPSA) is 93.4 Å². The number of para-hydroxylation sites is 2. The van der Waals surface area contributed by atoms with Gasteiger partial charge in [-0.15, -0.1) is 5.10 Å². The van der Waals surface area contributed by atoms with Crippen LogP contribution in [0, 0.1) is 0 Å². The van der Waals surface area contributed by atoms with Crippen molar-refractivity contribution in [3.8, 4) is 28.7 Å². The molecule has 4 aromatic rings. The number of hydrogen-bond donors (Lipinski definition) is 0. The molecule has 1 aliphatic rings. The molecule has 164 valence electrons. The van der Waals surface area contributed by atoms with Gasteiger partial charge in [-0.25, -0.2) is 0 Å². The SMILES string of the molecule is COc1cc(/C=c2\sc3nc([C@@H]4COc5ccccc5O4)nn3c2=O)cc(OC)c1OC. The van der Waals surface area contributed by atoms with Crippen molar-refractivity contribution >= 4 is 22.4 Å². The van der Waals surface area contributed by atoms with Crippen LogP contribution in [-0.2, 0) is 0 Å². The van der Waals surface area contributed by atoms with Crippen LogP contribution in [0.2, 0.25) is 0 Å². The molecule has 0 N–H and O–H groups in total. The fraction of sp³-hybridized carbons (Fsp3) is 0.227. The fourth-order valence-electron chi connectivity index (χ4n) is 3.47. The van der Waals surface area contributed by atoms with Gasteiger partial charge in [0, 0.05) is 0 Å². The van der Waals surface area contributed by atoms with E-state index in [1.54, 1.807) is 32.4 Å². The summed E-state index contributed by atoms with van der Waals surface area (Å²) >= 11 is 1.24. The van der Waals surface area contributed by atoms with E-state index in [1.165, 1.54) is 23.0 Å². The second-order valence-electron chi connectivity index (χ2n) is 6.90. The molecule has 0 unspecified atom stereocenters. The third kappa shape index (κ3) is 3.38. The zero-order valence-electron chi connectivity index (χ0n) is 17.5. The Morgan fingerprint density at radius 1 is 1.09 bits per heavy atom. The summed E-state index contributed by atoms with van der Waals surface area (Å²) in [5.41, 5.74) is 0.455. The second-order valence-corrected chi connectivity index (χ2v) is 7.91. The van der Waals surface area contributed by atoms with Crippen molar-refractivity contribution in [3.05, 3.63) is 62.7 Å². The second kappa shape index (κ2) is 8.04. The van der Waals surface area contributed by atoms with Gasteiger partial charge in [-0.1, -0.05) is 23.5 Å². The number of methoxy groups -OCH3 is 3. The molecule has 2 aromatic heterocycles. The highest BCUT2D eigenvalue weighted by molar-refractivity contribution is 7.15. The Morgan fingerprint density at radius 3 is 2.47 bits per heavy atom. The van der Waals surface area contributed by atoms with Gasteiger partial charge in [-0.05, 0) is 35.9 Å². The lowest BCUT2D eigenvalue weighted by molar-refractivity contribution is 0.0852. The zero-order valence-corrected chi connectivity index (χ0v) is 18.3. The van der Waals surface area contributed by atoms with Crippen molar-refractivity contribution in [2.75, 3.05) is 27.9 Å². The Kier molecular flexibility index (Phi) is 5.06. The van der Waals surface area contributed by atoms with Crippen molar-refractivity contribution in [1.29, 1.82) is 0 Å². The molecule has 10 heteroatoms. The summed E-state index contributed by atoms with van der Waals surface area (Å²) in [5.74, 6) is 3.20. The highest BCUT2D eigenvalue weighted by atomic mass is 32.1. The molecule has 0 saturated carbocycles. The lowest BCUT2D eigenvalue weighted by Gasteiger charge is -2.24. The van der Waals surface area contributed by atoms with Gasteiger partial charge < -0.3 is 23.7 Å². The molecule has 9 nitrogen and oxygen atoms in total. The van der Waals surface area contributed by atoms with E-state index >= 15 is 0 Å². The van der Waals surface area contributed by atoms with Gasteiger partial charge in [0.25, 0.3) is 5.56 Å². The third-order valence-corrected chi connectivity index (χ3v) is 5.94. The monoisotopic (exact) mass is 453 g/mol. The normalized spacial score (nSPS) is 15.7. The summed E-state index contributed by atoms with van der Waals surface area (Å²) in [5, 5.41) is 4.38. The molecule has 0 spiro atoms. The molecule has 0 amide bonds. The van der Waals surface area contributed by atoms with Crippen LogP contribution in [0.15, 0.2) is 41.2 Å². The Morgan fingerprint density at radius 2 is 1.81 bits per heavy atom. The van der Waals surface area contributed by atoms with Crippen molar-refractivity contribution in [3.63, 3.8) is 0 Å². The maximum atomic E-state index is 12.9. The Labute approximate surface area is 186 Å². The van der Waals surface area contributed by atoms with Gasteiger partial charge in [-0.3, -0.25) is 4.79 Å². The number of nitrogens with zero attached hydrogens (tertiary/aromatic N) is 3. The van der Waals surface area contributed by atoms with E-state index in [0.717, 1.165) is 5.56 Å². The molecule has 1 atom stereocenters. The van der Waals surface area contributed by atoms with Crippen LogP contribution in [0.4, 0.5) is 0 Å². The minimum Gasteiger partial charge on any atom is -0.493 e. The Bertz CT molecular complexity index is 1390. The van der Waals surface area contributed by atoms with E-state index < -0.39 is 6.10 Å². The Balaban J connectivity index is 1.50. The molecule has 3 heterocycles. The number of aromatic nitrogens is 3. The average molecular weight is 453 g/mol. The van der Waals surface area contributed by atoms with Gasteiger partial charge in [-0.2, -0.15) is 9.50 Å². The fourth-order valence-corrected chi connectivity index (χ4v) is 4.38. The standard InChI is InChI=1S/C22H19N3O6S/c1-27-15-8-12(9-16(28-2)19(15)29-3)10-18-21(26)25-22(32-18)23-20(24-25)17-11-30-13-6-4-5-7-14(13)31-17/h4-10,17H,11H2,1-3H3/b18-10-/t17-/m0/s1. The summed E-state index contributed by atoms with van der Waals surface area (Å²) in [6.45, 7) is 0.271. The van der Waals surface area contributed by atoms with Crippen LogP contribution in [-0.4, -0.2) is 42.5 Å². The van der Waals surface area contributed by atoms with Gasteiger partial charge >= 0.3 is 0 Å². The van der Waals surface area contributed by atoms with E-state index in [9.17, 15) is 4.79 Å². The van der Waals surface area contributed by atoms with Gasteiger partial charge in [0.15, 0.2) is 34.9 Å². The van der Waals surface area contributed by atoms with Crippen molar-refractivity contribution in [2.24, 2.45) is 0 Å². The molecule has 2 aromatic carbocycles. The van der Waals surface area contributed by atoms with Crippen LogP contribution in [0.3, 0.4) is 0 Å². The molecule has 0 saturated heterocycles. The first-order valence-electron chi connectivity index (χ1n) is 9.71. The quantitative estimate of drug-likeness (QED) is 0.454. The molecule has 0 aliphatic carbocycles. The van der Waals surface area contributed by atoms with E-state index in [0.29, 0.717) is 44.1 Å². The maximum absolute atomic E-state index is 12.9. The van der Waals surface area contributed by atoms with Crippen LogP contribution < -0.4 is 33.8 Å². The van der Waals surface area contributed by atoms with Gasteiger partial charge in [0.05, 0.1) is 25.9 Å². The molecular formula is C22H19N3O6S. The van der Waals surface area contributed by atoms with E-state index in [1.807, 2.05) is 24.3 Å². The number of rotatable bonds is 5. The average Bonchev–Trinajstić information content (AvgIpc) is 3.37. The van der Waals surface area contributed by atoms with Crippen molar-refractivity contribution in [2.45, 2.75) is 6.10 Å². The molecule has 0 fully saturated rings. The number of benzene rings is 2. The smallest absolute Gasteiger partial charge is 0.291 e. The zero-order chi connectivity index (χ0) is 22.2. The van der Waals surface area contributed by atoms with Crippen LogP contribution in [0.5, 0.6) is 28.7 Å². The van der Waals surface area contributed by atoms with Crippen molar-refractivity contribution < 1.29 is 23.7 Å². The highest BCUT2D eigenvalue weighted by Gasteiger charge is 2.27. The minimum atomic E-state index is -0.487. The molecule has 5 rings (SSSR count). The summed E-state index contributed by atoms with van der Waals surface area (Å²) in [4.78, 5) is 17.9.